The summed E-state index contributed by atoms with van der Waals surface area (Å²) < 4.78 is 5.64. The Kier molecular flexibility index (Phi) is 6.21. The van der Waals surface area contributed by atoms with Crippen LogP contribution in [0, 0.1) is 5.92 Å². The van der Waals surface area contributed by atoms with E-state index in [9.17, 15) is 4.79 Å². The number of carbonyl (C=O) groups is 1. The molecule has 0 aromatic heterocycles. The van der Waals surface area contributed by atoms with Crippen molar-refractivity contribution in [2.75, 3.05) is 26.7 Å². The van der Waals surface area contributed by atoms with Gasteiger partial charge in [-0.1, -0.05) is 12.1 Å². The number of carbonyl (C=O) groups excluding carboxylic acids is 1. The number of aliphatic hydroxyl groups is 1. The Morgan fingerprint density at radius 1 is 1.45 bits per heavy atom. The number of likely N-dealkylation sites (tertiary alicyclic amines) is 1. The number of ether oxygens (including phenoxy) is 1. The van der Waals surface area contributed by atoms with Gasteiger partial charge in [-0.3, -0.25) is 4.79 Å². The second kappa shape index (κ2) is 8.15. The molecule has 1 aliphatic rings. The van der Waals surface area contributed by atoms with Crippen LogP contribution in [0.15, 0.2) is 24.3 Å². The van der Waals surface area contributed by atoms with Crippen LogP contribution in [0.1, 0.15) is 25.3 Å². The molecule has 122 valence electrons. The predicted molar refractivity (Wildman–Crippen MR) is 85.7 cm³/mol. The number of nitrogens with zero attached hydrogens (tertiary/aromatic N) is 1. The number of aliphatic hydroxyl groups excluding tert-OH is 1. The van der Waals surface area contributed by atoms with E-state index in [1.54, 1.807) is 19.1 Å². The number of nitrogens with one attached hydrogen (secondary N) is 1. The van der Waals surface area contributed by atoms with E-state index in [1.807, 2.05) is 12.1 Å². The molecule has 0 aliphatic carbocycles. The van der Waals surface area contributed by atoms with Gasteiger partial charge >= 0.3 is 0 Å². The highest BCUT2D eigenvalue weighted by molar-refractivity contribution is 5.80. The van der Waals surface area contributed by atoms with Crippen molar-refractivity contribution in [2.24, 2.45) is 5.92 Å². The quantitative estimate of drug-likeness (QED) is 0.834. The molecule has 1 saturated heterocycles. The van der Waals surface area contributed by atoms with Gasteiger partial charge in [0.1, 0.15) is 5.75 Å². The van der Waals surface area contributed by atoms with Crippen molar-refractivity contribution in [2.45, 2.75) is 32.5 Å². The van der Waals surface area contributed by atoms with Crippen LogP contribution in [0.3, 0.4) is 0 Å². The average molecular weight is 306 g/mol. The Balaban J connectivity index is 1.76. The van der Waals surface area contributed by atoms with Crippen molar-refractivity contribution in [3.63, 3.8) is 0 Å². The third-order valence-corrected chi connectivity index (χ3v) is 4.17. The Morgan fingerprint density at radius 3 is 2.86 bits per heavy atom. The molecular weight excluding hydrogens is 280 g/mol. The van der Waals surface area contributed by atoms with Crippen LogP contribution in [-0.2, 0) is 11.4 Å². The third-order valence-electron chi connectivity index (χ3n) is 4.17. The minimum Gasteiger partial charge on any atom is -0.481 e. The molecule has 1 fully saturated rings. The van der Waals surface area contributed by atoms with Crippen LogP contribution in [0.25, 0.3) is 0 Å². The lowest BCUT2D eigenvalue weighted by Crippen LogP contribution is -2.41. The highest BCUT2D eigenvalue weighted by Crippen LogP contribution is 2.16. The van der Waals surface area contributed by atoms with Crippen molar-refractivity contribution < 1.29 is 14.6 Å². The maximum Gasteiger partial charge on any atom is 0.260 e. The fourth-order valence-corrected chi connectivity index (χ4v) is 2.63. The number of rotatable bonds is 6. The summed E-state index contributed by atoms with van der Waals surface area (Å²) in [6.07, 6.45) is 1.72. The molecule has 0 bridgehead atoms. The molecule has 0 saturated carbocycles. The molecule has 1 aromatic carbocycles. The molecule has 0 spiro atoms. The van der Waals surface area contributed by atoms with Crippen LogP contribution in [-0.4, -0.2) is 48.7 Å². The van der Waals surface area contributed by atoms with Gasteiger partial charge in [-0.05, 0) is 63.5 Å². The molecule has 1 aromatic rings. The van der Waals surface area contributed by atoms with E-state index in [0.29, 0.717) is 11.7 Å². The van der Waals surface area contributed by atoms with Gasteiger partial charge in [0.2, 0.25) is 0 Å². The molecule has 1 atom stereocenters. The van der Waals surface area contributed by atoms with Crippen LogP contribution in [0.4, 0.5) is 0 Å². The Morgan fingerprint density at radius 2 is 2.18 bits per heavy atom. The van der Waals surface area contributed by atoms with Crippen LogP contribution in [0.5, 0.6) is 5.75 Å². The molecule has 2 N–H and O–H groups in total. The van der Waals surface area contributed by atoms with Gasteiger partial charge < -0.3 is 20.1 Å². The highest BCUT2D eigenvalue weighted by Gasteiger charge is 2.19. The monoisotopic (exact) mass is 306 g/mol. The number of piperidine rings is 1. The van der Waals surface area contributed by atoms with E-state index in [2.05, 4.69) is 17.3 Å². The zero-order valence-electron chi connectivity index (χ0n) is 13.4. The second-order valence-electron chi connectivity index (χ2n) is 6.06. The minimum absolute atomic E-state index is 0.0338. The van der Waals surface area contributed by atoms with Gasteiger partial charge in [-0.15, -0.1) is 0 Å². The summed E-state index contributed by atoms with van der Waals surface area (Å²) >= 11 is 0. The molecule has 22 heavy (non-hydrogen) atoms. The van der Waals surface area contributed by atoms with Crippen LogP contribution >= 0.6 is 0 Å². The lowest BCUT2D eigenvalue weighted by Gasteiger charge is -2.29. The van der Waals surface area contributed by atoms with Crippen molar-refractivity contribution >= 4 is 5.91 Å². The van der Waals surface area contributed by atoms with Crippen LogP contribution < -0.4 is 10.1 Å². The summed E-state index contributed by atoms with van der Waals surface area (Å²) in [6.45, 7) is 4.63. The molecule has 5 heteroatoms. The molecule has 5 nitrogen and oxygen atoms in total. The lowest BCUT2D eigenvalue weighted by molar-refractivity contribution is -0.127. The zero-order chi connectivity index (χ0) is 15.9. The first-order valence-electron chi connectivity index (χ1n) is 7.91. The Labute approximate surface area is 132 Å². The average Bonchev–Trinajstić information content (AvgIpc) is 2.54. The van der Waals surface area contributed by atoms with E-state index in [-0.39, 0.29) is 12.5 Å². The number of amides is 1. The first kappa shape index (κ1) is 16.8. The minimum atomic E-state index is -0.541. The van der Waals surface area contributed by atoms with Crippen molar-refractivity contribution in [3.8, 4) is 5.75 Å². The van der Waals surface area contributed by atoms with Gasteiger partial charge in [0, 0.05) is 6.54 Å². The van der Waals surface area contributed by atoms with Crippen LogP contribution in [0.2, 0.25) is 0 Å². The second-order valence-corrected chi connectivity index (χ2v) is 6.06. The fourth-order valence-electron chi connectivity index (χ4n) is 2.63. The van der Waals surface area contributed by atoms with Gasteiger partial charge in [0.15, 0.2) is 6.10 Å². The number of hydrogen-bond donors (Lipinski definition) is 2. The third kappa shape index (κ3) is 5.00. The molecule has 1 aliphatic heterocycles. The summed E-state index contributed by atoms with van der Waals surface area (Å²) in [7, 11) is 2.13. The molecular formula is C17H26N2O3. The summed E-state index contributed by atoms with van der Waals surface area (Å²) in [5, 5.41) is 12.1. The predicted octanol–water partition coefficient (Wildman–Crippen LogP) is 1.40. The molecule has 1 amide bonds. The van der Waals surface area contributed by atoms with Gasteiger partial charge in [-0.25, -0.2) is 0 Å². The SMILES string of the molecule is CC(Oc1cccc(CO)c1)C(=O)NCC1CCN(C)CC1. The summed E-state index contributed by atoms with van der Waals surface area (Å²) in [5.74, 6) is 1.08. The number of benzene rings is 1. The van der Waals surface area contributed by atoms with Gasteiger partial charge in [0.25, 0.3) is 5.91 Å². The van der Waals surface area contributed by atoms with Gasteiger partial charge in [0.05, 0.1) is 6.61 Å². The van der Waals surface area contributed by atoms with Crippen molar-refractivity contribution in [1.82, 2.24) is 10.2 Å². The van der Waals surface area contributed by atoms with Crippen molar-refractivity contribution in [1.29, 1.82) is 0 Å². The zero-order valence-corrected chi connectivity index (χ0v) is 13.4. The normalized spacial score (nSPS) is 18.0. The molecule has 1 unspecified atom stereocenters. The maximum atomic E-state index is 12.1. The largest absolute Gasteiger partial charge is 0.481 e. The smallest absolute Gasteiger partial charge is 0.260 e. The molecule has 1 heterocycles. The highest BCUT2D eigenvalue weighted by atomic mass is 16.5. The standard InChI is InChI=1S/C17H26N2O3/c1-13(22-16-5-3-4-15(10-16)12-20)17(21)18-11-14-6-8-19(2)9-7-14/h3-5,10,13-14,20H,6-9,11-12H2,1-2H3,(H,18,21). The Bertz CT molecular complexity index is 485. The lowest BCUT2D eigenvalue weighted by atomic mass is 9.97. The van der Waals surface area contributed by atoms with E-state index in [4.69, 9.17) is 9.84 Å². The topological polar surface area (TPSA) is 61.8 Å². The first-order valence-corrected chi connectivity index (χ1v) is 7.91. The Hall–Kier alpha value is -1.59. The maximum absolute atomic E-state index is 12.1. The molecule has 0 radical (unpaired) electrons. The van der Waals surface area contributed by atoms with E-state index < -0.39 is 6.10 Å². The van der Waals surface area contributed by atoms with Crippen molar-refractivity contribution in [3.05, 3.63) is 29.8 Å². The van der Waals surface area contributed by atoms with Gasteiger partial charge in [-0.2, -0.15) is 0 Å². The van der Waals surface area contributed by atoms with E-state index in [1.165, 1.54) is 0 Å². The summed E-state index contributed by atoms with van der Waals surface area (Å²) in [6, 6.07) is 7.17. The first-order chi connectivity index (χ1) is 10.6. The summed E-state index contributed by atoms with van der Waals surface area (Å²) in [5.41, 5.74) is 0.774. The fraction of sp³-hybridized carbons (Fsp3) is 0.588. The molecule has 2 rings (SSSR count). The van der Waals surface area contributed by atoms with E-state index in [0.717, 1.165) is 38.0 Å². The summed E-state index contributed by atoms with van der Waals surface area (Å²) in [4.78, 5) is 14.4. The number of hydrogen-bond acceptors (Lipinski definition) is 4. The van der Waals surface area contributed by atoms with E-state index >= 15 is 0 Å².